The van der Waals surface area contributed by atoms with Gasteiger partial charge in [0.1, 0.15) is 5.82 Å². The van der Waals surface area contributed by atoms with Gasteiger partial charge in [-0.3, -0.25) is 0 Å². The van der Waals surface area contributed by atoms with Crippen LogP contribution in [0.4, 0.5) is 4.39 Å². The Balaban J connectivity index is 2.77. The minimum absolute atomic E-state index is 0.126. The molecule has 0 aromatic heterocycles. The highest BCUT2D eigenvalue weighted by atomic mass is 79.9. The average Bonchev–Trinajstić information content (AvgIpc) is 2.18. The summed E-state index contributed by atoms with van der Waals surface area (Å²) in [5, 5.41) is 3.21. The van der Waals surface area contributed by atoms with Crippen LogP contribution in [0.3, 0.4) is 0 Å². The van der Waals surface area contributed by atoms with Crippen LogP contribution in [0, 0.1) is 5.82 Å². The van der Waals surface area contributed by atoms with Crippen LogP contribution in [-0.2, 0) is 0 Å². The minimum atomic E-state index is -0.126. The van der Waals surface area contributed by atoms with Gasteiger partial charge in [0.2, 0.25) is 0 Å². The van der Waals surface area contributed by atoms with Gasteiger partial charge in [-0.05, 0) is 36.2 Å². The molecule has 1 atom stereocenters. The lowest BCUT2D eigenvalue weighted by molar-refractivity contribution is 0.566. The summed E-state index contributed by atoms with van der Waals surface area (Å²) in [5.74, 6) is 0.0750. The third-order valence-corrected chi connectivity index (χ3v) is 2.68. The van der Waals surface area contributed by atoms with Crippen molar-refractivity contribution in [1.82, 2.24) is 5.32 Å². The van der Waals surface area contributed by atoms with Crippen molar-refractivity contribution in [2.45, 2.75) is 19.8 Å². The summed E-state index contributed by atoms with van der Waals surface area (Å²) in [6.45, 7) is 5.79. The molecule has 14 heavy (non-hydrogen) atoms. The Kier molecular flexibility index (Phi) is 4.55. The maximum Gasteiger partial charge on any atom is 0.126 e. The number of rotatable bonds is 4. The molecule has 0 amide bonds. The quantitative estimate of drug-likeness (QED) is 0.875. The predicted octanol–water partition coefficient (Wildman–Crippen LogP) is 3.30. The van der Waals surface area contributed by atoms with Gasteiger partial charge in [0.25, 0.3) is 0 Å². The molecule has 0 saturated heterocycles. The van der Waals surface area contributed by atoms with Crippen LogP contribution in [-0.4, -0.2) is 13.1 Å². The molecule has 0 aliphatic carbocycles. The van der Waals surface area contributed by atoms with Crippen molar-refractivity contribution in [3.8, 4) is 0 Å². The van der Waals surface area contributed by atoms with Crippen LogP contribution in [0.1, 0.15) is 25.3 Å². The summed E-state index contributed by atoms with van der Waals surface area (Å²) in [7, 11) is 0. The zero-order valence-corrected chi connectivity index (χ0v) is 10.1. The van der Waals surface area contributed by atoms with Gasteiger partial charge in [0, 0.05) is 11.0 Å². The highest BCUT2D eigenvalue weighted by Gasteiger charge is 2.10. The fourth-order valence-electron chi connectivity index (χ4n) is 1.36. The second kappa shape index (κ2) is 5.47. The maximum absolute atomic E-state index is 13.4. The molecule has 3 heteroatoms. The third kappa shape index (κ3) is 3.07. The van der Waals surface area contributed by atoms with E-state index in [-0.39, 0.29) is 11.7 Å². The number of nitrogens with one attached hydrogen (secondary N) is 1. The van der Waals surface area contributed by atoms with Gasteiger partial charge in [0.05, 0.1) is 0 Å². The normalized spacial score (nSPS) is 12.9. The van der Waals surface area contributed by atoms with E-state index < -0.39 is 0 Å². The molecule has 0 radical (unpaired) electrons. The van der Waals surface area contributed by atoms with Crippen molar-refractivity contribution in [3.05, 3.63) is 34.1 Å². The number of benzene rings is 1. The molecule has 78 valence electrons. The molecule has 0 bridgehead atoms. The molecule has 1 nitrogen and oxygen atoms in total. The first kappa shape index (κ1) is 11.7. The number of halogens is 2. The first-order valence-corrected chi connectivity index (χ1v) is 5.60. The summed E-state index contributed by atoms with van der Waals surface area (Å²) in [5.41, 5.74) is 0.764. The van der Waals surface area contributed by atoms with Gasteiger partial charge in [-0.2, -0.15) is 0 Å². The van der Waals surface area contributed by atoms with E-state index in [9.17, 15) is 4.39 Å². The van der Waals surface area contributed by atoms with Gasteiger partial charge in [0.15, 0.2) is 0 Å². The van der Waals surface area contributed by atoms with Crippen LogP contribution >= 0.6 is 15.9 Å². The van der Waals surface area contributed by atoms with Crippen molar-refractivity contribution in [2.75, 3.05) is 13.1 Å². The molecule has 1 aromatic carbocycles. The summed E-state index contributed by atoms with van der Waals surface area (Å²) >= 11 is 3.35. The summed E-state index contributed by atoms with van der Waals surface area (Å²) in [6, 6.07) is 5.07. The van der Waals surface area contributed by atoms with Crippen LogP contribution in [0.25, 0.3) is 0 Å². The van der Waals surface area contributed by atoms with Crippen molar-refractivity contribution in [3.63, 3.8) is 0 Å². The second-order valence-corrected chi connectivity index (χ2v) is 4.29. The number of hydrogen-bond acceptors (Lipinski definition) is 1. The van der Waals surface area contributed by atoms with Crippen LogP contribution in [0.5, 0.6) is 0 Å². The lowest BCUT2D eigenvalue weighted by Crippen LogP contribution is -2.20. The number of hydrogen-bond donors (Lipinski definition) is 1. The van der Waals surface area contributed by atoms with E-state index in [0.717, 1.165) is 23.1 Å². The summed E-state index contributed by atoms with van der Waals surface area (Å²) in [4.78, 5) is 0. The Labute approximate surface area is 92.8 Å². The van der Waals surface area contributed by atoms with Crippen LogP contribution in [0.15, 0.2) is 22.7 Å². The average molecular weight is 260 g/mol. The van der Waals surface area contributed by atoms with Gasteiger partial charge < -0.3 is 5.32 Å². The molecule has 0 fully saturated rings. The molecule has 1 aromatic rings. The summed E-state index contributed by atoms with van der Waals surface area (Å²) in [6.07, 6.45) is 0. The Hall–Kier alpha value is -0.410. The molecule has 1 unspecified atom stereocenters. The standard InChI is InChI=1S/C11H15BrFN/c1-3-14-7-8(2)10-6-9(12)4-5-11(10)13/h4-6,8,14H,3,7H2,1-2H3. The Morgan fingerprint density at radius 2 is 2.21 bits per heavy atom. The fourth-order valence-corrected chi connectivity index (χ4v) is 1.74. The monoisotopic (exact) mass is 259 g/mol. The number of likely N-dealkylation sites (N-methyl/N-ethyl adjacent to an activating group) is 1. The molecule has 0 heterocycles. The molecule has 0 spiro atoms. The predicted molar refractivity (Wildman–Crippen MR) is 61.1 cm³/mol. The Bertz CT molecular complexity index is 301. The van der Waals surface area contributed by atoms with Gasteiger partial charge in [-0.25, -0.2) is 4.39 Å². The fraction of sp³-hybridized carbons (Fsp3) is 0.455. The van der Waals surface area contributed by atoms with Crippen LogP contribution < -0.4 is 5.32 Å². The van der Waals surface area contributed by atoms with E-state index in [1.54, 1.807) is 6.07 Å². The largest absolute Gasteiger partial charge is 0.316 e. The molecule has 1 rings (SSSR count). The van der Waals surface area contributed by atoms with Gasteiger partial charge in [-0.15, -0.1) is 0 Å². The van der Waals surface area contributed by atoms with Crippen molar-refractivity contribution < 1.29 is 4.39 Å². The molecule has 1 N–H and O–H groups in total. The molecular formula is C11H15BrFN. The molecular weight excluding hydrogens is 245 g/mol. The van der Waals surface area contributed by atoms with Gasteiger partial charge in [-0.1, -0.05) is 29.8 Å². The zero-order valence-electron chi connectivity index (χ0n) is 8.48. The molecule has 0 saturated carbocycles. The first-order chi connectivity index (χ1) is 6.65. The smallest absolute Gasteiger partial charge is 0.126 e. The van der Waals surface area contributed by atoms with E-state index in [0.29, 0.717) is 0 Å². The van der Waals surface area contributed by atoms with E-state index >= 15 is 0 Å². The van der Waals surface area contributed by atoms with Crippen molar-refractivity contribution >= 4 is 15.9 Å². The summed E-state index contributed by atoms with van der Waals surface area (Å²) < 4.78 is 14.3. The van der Waals surface area contributed by atoms with Crippen molar-refractivity contribution in [1.29, 1.82) is 0 Å². The topological polar surface area (TPSA) is 12.0 Å². The Morgan fingerprint density at radius 3 is 2.86 bits per heavy atom. The Morgan fingerprint density at radius 1 is 1.50 bits per heavy atom. The highest BCUT2D eigenvalue weighted by molar-refractivity contribution is 9.10. The lowest BCUT2D eigenvalue weighted by Gasteiger charge is -2.13. The van der Waals surface area contributed by atoms with E-state index in [1.807, 2.05) is 19.9 Å². The minimum Gasteiger partial charge on any atom is -0.316 e. The lowest BCUT2D eigenvalue weighted by atomic mass is 10.0. The molecule has 0 aliphatic heterocycles. The van der Waals surface area contributed by atoms with E-state index in [4.69, 9.17) is 0 Å². The first-order valence-electron chi connectivity index (χ1n) is 4.80. The second-order valence-electron chi connectivity index (χ2n) is 3.37. The third-order valence-electron chi connectivity index (χ3n) is 2.19. The van der Waals surface area contributed by atoms with Crippen LogP contribution in [0.2, 0.25) is 0 Å². The highest BCUT2D eigenvalue weighted by Crippen LogP contribution is 2.22. The van der Waals surface area contributed by atoms with Gasteiger partial charge >= 0.3 is 0 Å². The molecule has 0 aliphatic rings. The zero-order chi connectivity index (χ0) is 10.6. The SMILES string of the molecule is CCNCC(C)c1cc(Br)ccc1F. The van der Waals surface area contributed by atoms with E-state index in [2.05, 4.69) is 21.2 Å². The maximum atomic E-state index is 13.4. The van der Waals surface area contributed by atoms with E-state index in [1.165, 1.54) is 6.07 Å². The van der Waals surface area contributed by atoms with Crippen molar-refractivity contribution in [2.24, 2.45) is 0 Å².